The lowest BCUT2D eigenvalue weighted by molar-refractivity contribution is -0.145. The van der Waals surface area contributed by atoms with E-state index in [0.717, 1.165) is 61.7 Å². The molecule has 0 nitrogen and oxygen atoms in total. The van der Waals surface area contributed by atoms with Gasteiger partial charge in [-0.2, -0.15) is 0 Å². The van der Waals surface area contributed by atoms with Gasteiger partial charge in [-0.3, -0.25) is 4.39 Å². The van der Waals surface area contributed by atoms with Crippen molar-refractivity contribution in [3.8, 4) is 0 Å². The highest BCUT2D eigenvalue weighted by atomic mass is 31.0. The Kier molecular flexibility index (Phi) is 18.7. The highest BCUT2D eigenvalue weighted by Crippen LogP contribution is 2.58. The van der Waals surface area contributed by atoms with Crippen LogP contribution in [-0.2, 0) is 0 Å². The Balaban J connectivity index is 5.45. The first kappa shape index (κ1) is 49.2. The summed E-state index contributed by atoms with van der Waals surface area (Å²) in [5, 5.41) is -3.00. The van der Waals surface area contributed by atoms with Crippen molar-refractivity contribution >= 4 is 17.1 Å². The van der Waals surface area contributed by atoms with Crippen molar-refractivity contribution in [3.63, 3.8) is 0 Å². The molecule has 0 saturated heterocycles. The predicted molar refractivity (Wildman–Crippen MR) is 206 cm³/mol. The average Bonchev–Trinajstić information content (AvgIpc) is 2.91. The van der Waals surface area contributed by atoms with E-state index in [2.05, 4.69) is 19.7 Å². The van der Waals surface area contributed by atoms with Gasteiger partial charge in [0.05, 0.1) is 0 Å². The lowest BCUT2D eigenvalue weighted by Gasteiger charge is -2.51. The Labute approximate surface area is 306 Å². The van der Waals surface area contributed by atoms with E-state index in [4.69, 9.17) is 7.85 Å². The standard InChI is InChI=1S/C41H71BF7P/c1-30(2)23-19-18-21-25-38(44,45)29-36(11,12)41(49,50)39(42,46)27-34(7,8)33(6)37(13,43)28-35(9,10)40(47,48)26-22-17-15-14-16-20-24-32(5)31(3)4/h33H,1,3,5,14-29,50H2,2,4,6-13H3. The van der Waals surface area contributed by atoms with Crippen LogP contribution in [0.4, 0.5) is 30.7 Å². The molecule has 292 valence electrons. The smallest absolute Gasteiger partial charge is 0.251 e. The maximum Gasteiger partial charge on any atom is 0.253 e. The molecule has 0 amide bonds. The molecule has 0 rings (SSSR count). The number of halogens is 7. The lowest BCUT2D eigenvalue weighted by Crippen LogP contribution is -2.57. The summed E-state index contributed by atoms with van der Waals surface area (Å²) in [6.45, 7) is 26.4. The number of hydrogen-bond donors (Lipinski definition) is 0. The van der Waals surface area contributed by atoms with E-state index >= 15 is 30.7 Å². The van der Waals surface area contributed by atoms with Gasteiger partial charge in [-0.1, -0.05) is 120 Å². The largest absolute Gasteiger partial charge is 0.253 e. The van der Waals surface area contributed by atoms with Crippen molar-refractivity contribution in [2.45, 2.75) is 200 Å². The van der Waals surface area contributed by atoms with Gasteiger partial charge in [0, 0.05) is 30.1 Å². The number of rotatable bonds is 27. The van der Waals surface area contributed by atoms with Crippen molar-refractivity contribution in [2.75, 3.05) is 0 Å². The Bertz CT molecular complexity index is 1090. The molecule has 0 N–H and O–H groups in total. The van der Waals surface area contributed by atoms with E-state index in [1.54, 1.807) is 9.24 Å². The van der Waals surface area contributed by atoms with Crippen molar-refractivity contribution in [3.05, 3.63) is 36.5 Å². The average molecular weight is 739 g/mol. The van der Waals surface area contributed by atoms with Crippen LogP contribution >= 0.6 is 9.24 Å². The molecule has 5 atom stereocenters. The Hall–Kier alpha value is -0.775. The molecule has 50 heavy (non-hydrogen) atoms. The van der Waals surface area contributed by atoms with Gasteiger partial charge in [-0.05, 0) is 83.5 Å². The third kappa shape index (κ3) is 15.3. The van der Waals surface area contributed by atoms with Crippen molar-refractivity contribution in [1.82, 2.24) is 0 Å². The number of allylic oxidation sites excluding steroid dienone is 3. The fourth-order valence-corrected chi connectivity index (χ4v) is 7.47. The molecule has 0 fully saturated rings. The fraction of sp³-hybridized carbons (Fsp3) is 0.854. The Morgan fingerprint density at radius 1 is 0.620 bits per heavy atom. The van der Waals surface area contributed by atoms with Crippen LogP contribution in [0.3, 0.4) is 0 Å². The second kappa shape index (κ2) is 19.0. The molecule has 0 aromatic carbocycles. The molecule has 0 aliphatic carbocycles. The minimum absolute atomic E-state index is 0.235. The Morgan fingerprint density at radius 2 is 1.06 bits per heavy atom. The molecule has 0 aliphatic rings. The summed E-state index contributed by atoms with van der Waals surface area (Å²) in [7, 11) is 7.72. The summed E-state index contributed by atoms with van der Waals surface area (Å²) in [6.07, 6.45) is 4.88. The summed E-state index contributed by atoms with van der Waals surface area (Å²) in [5.74, 6) is -7.45. The summed E-state index contributed by atoms with van der Waals surface area (Å²) in [5.41, 5.74) is -7.32. The van der Waals surface area contributed by atoms with Gasteiger partial charge in [-0.25, -0.2) is 26.3 Å². The Morgan fingerprint density at radius 3 is 1.56 bits per heavy atom. The molecule has 9 heteroatoms. The summed E-state index contributed by atoms with van der Waals surface area (Å²) in [4.78, 5) is 0. The normalized spacial score (nSPS) is 17.8. The summed E-state index contributed by atoms with van der Waals surface area (Å²) >= 11 is 0. The van der Waals surface area contributed by atoms with Crippen molar-refractivity contribution < 1.29 is 30.7 Å². The third-order valence-corrected chi connectivity index (χ3v) is 12.6. The van der Waals surface area contributed by atoms with Crippen LogP contribution in [0.1, 0.15) is 172 Å². The molecule has 2 radical (unpaired) electrons. The van der Waals surface area contributed by atoms with Gasteiger partial charge in [0.2, 0.25) is 5.92 Å². The minimum atomic E-state index is -3.26. The third-order valence-electron chi connectivity index (χ3n) is 11.3. The molecule has 0 aliphatic heterocycles. The van der Waals surface area contributed by atoms with Crippen LogP contribution in [0.5, 0.6) is 0 Å². The van der Waals surface area contributed by atoms with E-state index in [1.807, 2.05) is 13.8 Å². The molecule has 0 bridgehead atoms. The van der Waals surface area contributed by atoms with Gasteiger partial charge >= 0.3 is 0 Å². The number of alkyl halides is 7. The van der Waals surface area contributed by atoms with Gasteiger partial charge in [0.1, 0.15) is 19.1 Å². The highest BCUT2D eigenvalue weighted by molar-refractivity contribution is 7.19. The van der Waals surface area contributed by atoms with Crippen LogP contribution in [0.25, 0.3) is 0 Å². The SMILES string of the molecule is [B]C(F)(CC(C)(C)C(C)C(C)(F)CC(C)(C)C(F)(F)CCCCCCCCC(=C)C(=C)C)C(F)(P)C(C)(C)CC(F)(F)CCCCCC(=C)C. The van der Waals surface area contributed by atoms with Crippen molar-refractivity contribution in [2.24, 2.45) is 22.2 Å². The van der Waals surface area contributed by atoms with E-state index in [0.29, 0.717) is 19.3 Å². The van der Waals surface area contributed by atoms with Crippen LogP contribution in [0.15, 0.2) is 36.5 Å². The molecule has 5 unspecified atom stereocenters. The maximum absolute atomic E-state index is 16.5. The monoisotopic (exact) mass is 739 g/mol. The van der Waals surface area contributed by atoms with Crippen LogP contribution < -0.4 is 0 Å². The number of unbranched alkanes of at least 4 members (excludes halogenated alkanes) is 7. The highest BCUT2D eigenvalue weighted by Gasteiger charge is 2.60. The van der Waals surface area contributed by atoms with Crippen LogP contribution in [0.2, 0.25) is 0 Å². The fourth-order valence-electron chi connectivity index (χ4n) is 7.26. The van der Waals surface area contributed by atoms with Gasteiger partial charge in [-0.15, -0.1) is 6.58 Å². The second-order valence-corrected chi connectivity index (χ2v) is 18.7. The first-order chi connectivity index (χ1) is 22.3. The summed E-state index contributed by atoms with van der Waals surface area (Å²) in [6, 6.07) is 0. The van der Waals surface area contributed by atoms with Crippen LogP contribution in [0, 0.1) is 22.2 Å². The molecule has 0 aromatic rings. The van der Waals surface area contributed by atoms with Gasteiger partial charge in [0.25, 0.3) is 5.92 Å². The zero-order valence-electron chi connectivity index (χ0n) is 33.3. The molecular formula is C41H71BF7P. The molecule has 0 heterocycles. The predicted octanol–water partition coefficient (Wildman–Crippen LogP) is 15.0. The topological polar surface area (TPSA) is 0 Å². The quantitative estimate of drug-likeness (QED) is 0.0197. The molecular weight excluding hydrogens is 667 g/mol. The van der Waals surface area contributed by atoms with E-state index in [9.17, 15) is 0 Å². The molecule has 0 spiro atoms. The minimum Gasteiger partial charge on any atom is -0.251 e. The van der Waals surface area contributed by atoms with E-state index < -0.39 is 76.3 Å². The molecule has 0 saturated carbocycles. The van der Waals surface area contributed by atoms with Crippen molar-refractivity contribution in [1.29, 1.82) is 0 Å². The van der Waals surface area contributed by atoms with Crippen LogP contribution in [-0.4, -0.2) is 36.3 Å². The zero-order chi connectivity index (χ0) is 39.6. The van der Waals surface area contributed by atoms with E-state index in [1.165, 1.54) is 55.4 Å². The first-order valence-corrected chi connectivity index (χ1v) is 19.2. The second-order valence-electron chi connectivity index (χ2n) is 17.9. The van der Waals surface area contributed by atoms with E-state index in [-0.39, 0.29) is 12.8 Å². The maximum atomic E-state index is 16.5. The summed E-state index contributed by atoms with van der Waals surface area (Å²) < 4.78 is 110. The van der Waals surface area contributed by atoms with Gasteiger partial charge < -0.3 is 0 Å². The van der Waals surface area contributed by atoms with Gasteiger partial charge in [0.15, 0.2) is 5.41 Å². The first-order valence-electron chi connectivity index (χ1n) is 18.7. The molecule has 0 aromatic heterocycles. The zero-order valence-corrected chi connectivity index (χ0v) is 34.5. The number of hydrogen-bond acceptors (Lipinski definition) is 0. The lowest BCUT2D eigenvalue weighted by atomic mass is 9.57.